The summed E-state index contributed by atoms with van der Waals surface area (Å²) < 4.78 is 10.5. The third kappa shape index (κ3) is 4.68. The van der Waals surface area contributed by atoms with Crippen LogP contribution in [0.4, 0.5) is 5.69 Å². The summed E-state index contributed by atoms with van der Waals surface area (Å²) in [5.74, 6) is -0.527. The Bertz CT molecular complexity index is 625. The Morgan fingerprint density at radius 1 is 1.04 bits per heavy atom. The summed E-state index contributed by atoms with van der Waals surface area (Å²) in [6, 6.07) is 4.58. The van der Waals surface area contributed by atoms with Gasteiger partial charge in [0.1, 0.15) is 5.75 Å². The maximum absolute atomic E-state index is 12.4. The Labute approximate surface area is 146 Å². The quantitative estimate of drug-likeness (QED) is 0.803. The topological polar surface area (TPSA) is 91.3 Å². The molecule has 0 spiro atoms. The smallest absolute Gasteiger partial charge is 0.257 e. The van der Waals surface area contributed by atoms with E-state index in [1.54, 1.807) is 11.0 Å². The minimum atomic E-state index is -0.230. The van der Waals surface area contributed by atoms with E-state index < -0.39 is 0 Å². The second-order valence-corrected chi connectivity index (χ2v) is 6.07. The lowest BCUT2D eigenvalue weighted by molar-refractivity contribution is -0.118. The number of hydrogen-bond donors (Lipinski definition) is 2. The lowest BCUT2D eigenvalue weighted by Crippen LogP contribution is -2.41. The van der Waals surface area contributed by atoms with Gasteiger partial charge in [0.05, 0.1) is 38.5 Å². The van der Waals surface area contributed by atoms with Crippen molar-refractivity contribution in [2.45, 2.75) is 0 Å². The van der Waals surface area contributed by atoms with Gasteiger partial charge in [-0.1, -0.05) is 0 Å². The zero-order chi connectivity index (χ0) is 17.6. The molecule has 2 N–H and O–H groups in total. The van der Waals surface area contributed by atoms with E-state index >= 15 is 0 Å². The van der Waals surface area contributed by atoms with Crippen LogP contribution in [0.1, 0.15) is 10.4 Å². The van der Waals surface area contributed by atoms with Gasteiger partial charge < -0.3 is 24.8 Å². The number of anilines is 1. The van der Waals surface area contributed by atoms with Crippen LogP contribution in [-0.2, 0) is 14.3 Å². The normalized spacial score (nSPS) is 18.8. The van der Waals surface area contributed by atoms with Gasteiger partial charge in [-0.3, -0.25) is 14.5 Å². The molecule has 8 heteroatoms. The number of morpholine rings is 2. The fourth-order valence-corrected chi connectivity index (χ4v) is 2.89. The number of aromatic hydroxyl groups is 1. The average molecular weight is 349 g/mol. The van der Waals surface area contributed by atoms with E-state index in [2.05, 4.69) is 5.32 Å². The zero-order valence-corrected chi connectivity index (χ0v) is 14.1. The molecular weight excluding hydrogens is 326 g/mol. The molecule has 0 radical (unpaired) electrons. The van der Waals surface area contributed by atoms with Gasteiger partial charge in [0.15, 0.2) is 0 Å². The standard InChI is InChI=1S/C17H23N3O5/c21-15-11-13(18-16(22)12-19-3-7-24-8-4-19)1-2-14(15)17(23)20-5-9-25-10-6-20/h1-2,11,21H,3-10,12H2,(H,18,22). The van der Waals surface area contributed by atoms with Crippen LogP contribution in [0.15, 0.2) is 18.2 Å². The maximum Gasteiger partial charge on any atom is 0.257 e. The highest BCUT2D eigenvalue weighted by molar-refractivity contribution is 5.98. The largest absolute Gasteiger partial charge is 0.507 e. The van der Waals surface area contributed by atoms with Crippen LogP contribution in [0.2, 0.25) is 0 Å². The molecule has 2 heterocycles. The number of benzene rings is 1. The lowest BCUT2D eigenvalue weighted by Gasteiger charge is -2.27. The first kappa shape index (κ1) is 17.7. The molecule has 0 atom stereocenters. The van der Waals surface area contributed by atoms with E-state index in [0.717, 1.165) is 13.1 Å². The first-order valence-corrected chi connectivity index (χ1v) is 8.43. The van der Waals surface area contributed by atoms with Crippen LogP contribution in [0.5, 0.6) is 5.75 Å². The first-order chi connectivity index (χ1) is 12.1. The molecule has 2 amide bonds. The summed E-state index contributed by atoms with van der Waals surface area (Å²) in [5, 5.41) is 12.9. The Kier molecular flexibility index (Phi) is 5.85. The summed E-state index contributed by atoms with van der Waals surface area (Å²) in [6.07, 6.45) is 0. The summed E-state index contributed by atoms with van der Waals surface area (Å²) in [4.78, 5) is 28.2. The fourth-order valence-electron chi connectivity index (χ4n) is 2.89. The first-order valence-electron chi connectivity index (χ1n) is 8.43. The number of amides is 2. The highest BCUT2D eigenvalue weighted by atomic mass is 16.5. The van der Waals surface area contributed by atoms with E-state index in [1.165, 1.54) is 12.1 Å². The van der Waals surface area contributed by atoms with Crippen LogP contribution >= 0.6 is 0 Å². The van der Waals surface area contributed by atoms with Gasteiger partial charge in [-0.2, -0.15) is 0 Å². The van der Waals surface area contributed by atoms with Gasteiger partial charge in [-0.05, 0) is 12.1 Å². The molecule has 1 aromatic carbocycles. The molecule has 2 saturated heterocycles. The maximum atomic E-state index is 12.4. The van der Waals surface area contributed by atoms with Crippen molar-refractivity contribution in [3.8, 4) is 5.75 Å². The Morgan fingerprint density at radius 3 is 2.32 bits per heavy atom. The Balaban J connectivity index is 1.59. The molecule has 0 saturated carbocycles. The number of ether oxygens (including phenoxy) is 2. The molecule has 0 unspecified atom stereocenters. The predicted octanol–water partition coefficient (Wildman–Crippen LogP) is 0.135. The number of phenols is 1. The highest BCUT2D eigenvalue weighted by Crippen LogP contribution is 2.24. The highest BCUT2D eigenvalue weighted by Gasteiger charge is 2.21. The minimum Gasteiger partial charge on any atom is -0.507 e. The van der Waals surface area contributed by atoms with Gasteiger partial charge in [-0.15, -0.1) is 0 Å². The summed E-state index contributed by atoms with van der Waals surface area (Å²) in [6.45, 7) is 5.02. The second kappa shape index (κ2) is 8.28. The molecule has 25 heavy (non-hydrogen) atoms. The van der Waals surface area contributed by atoms with Gasteiger partial charge in [0.2, 0.25) is 5.91 Å². The molecular formula is C17H23N3O5. The third-order valence-corrected chi connectivity index (χ3v) is 4.28. The van der Waals surface area contributed by atoms with Gasteiger partial charge in [0.25, 0.3) is 5.91 Å². The van der Waals surface area contributed by atoms with Crippen LogP contribution < -0.4 is 5.32 Å². The van der Waals surface area contributed by atoms with Crippen LogP contribution in [-0.4, -0.2) is 85.9 Å². The van der Waals surface area contributed by atoms with E-state index in [-0.39, 0.29) is 29.7 Å². The second-order valence-electron chi connectivity index (χ2n) is 6.07. The van der Waals surface area contributed by atoms with Crippen LogP contribution in [0.25, 0.3) is 0 Å². The number of carbonyl (C=O) groups excluding carboxylic acids is 2. The molecule has 8 nitrogen and oxygen atoms in total. The third-order valence-electron chi connectivity index (χ3n) is 4.28. The number of nitrogens with one attached hydrogen (secondary N) is 1. The van der Waals surface area contributed by atoms with Gasteiger partial charge in [0, 0.05) is 37.9 Å². The number of carbonyl (C=O) groups is 2. The SMILES string of the molecule is O=C(CN1CCOCC1)Nc1ccc(C(=O)N2CCOCC2)c(O)c1. The molecule has 136 valence electrons. The molecule has 0 aromatic heterocycles. The van der Waals surface area contributed by atoms with Crippen LogP contribution in [0, 0.1) is 0 Å². The van der Waals surface area contributed by atoms with E-state index in [1.807, 2.05) is 4.90 Å². The summed E-state index contributed by atoms with van der Waals surface area (Å²) in [7, 11) is 0. The van der Waals surface area contributed by atoms with Crippen molar-refractivity contribution in [2.24, 2.45) is 0 Å². The van der Waals surface area contributed by atoms with Crippen LogP contribution in [0.3, 0.4) is 0 Å². The van der Waals surface area contributed by atoms with E-state index in [0.29, 0.717) is 45.2 Å². The van der Waals surface area contributed by atoms with Crippen molar-refractivity contribution in [3.05, 3.63) is 23.8 Å². The van der Waals surface area contributed by atoms with E-state index in [4.69, 9.17) is 9.47 Å². The monoisotopic (exact) mass is 349 g/mol. The summed E-state index contributed by atoms with van der Waals surface area (Å²) in [5.41, 5.74) is 0.697. The average Bonchev–Trinajstić information content (AvgIpc) is 2.63. The van der Waals surface area contributed by atoms with Crippen molar-refractivity contribution in [1.29, 1.82) is 0 Å². The number of phenolic OH excluding ortho intramolecular Hbond substituents is 1. The molecule has 0 aliphatic carbocycles. The van der Waals surface area contributed by atoms with Crippen molar-refractivity contribution >= 4 is 17.5 Å². The molecule has 3 rings (SSSR count). The van der Waals surface area contributed by atoms with Crippen molar-refractivity contribution in [3.63, 3.8) is 0 Å². The number of nitrogens with zero attached hydrogens (tertiary/aromatic N) is 2. The molecule has 2 aliphatic heterocycles. The van der Waals surface area contributed by atoms with Crippen molar-refractivity contribution < 1.29 is 24.2 Å². The number of hydrogen-bond acceptors (Lipinski definition) is 6. The predicted molar refractivity (Wildman–Crippen MR) is 90.7 cm³/mol. The molecule has 0 bridgehead atoms. The van der Waals surface area contributed by atoms with Gasteiger partial charge in [-0.25, -0.2) is 0 Å². The Morgan fingerprint density at radius 2 is 1.68 bits per heavy atom. The molecule has 2 aliphatic rings. The Hall–Kier alpha value is -2.16. The zero-order valence-electron chi connectivity index (χ0n) is 14.1. The number of rotatable bonds is 4. The fraction of sp³-hybridized carbons (Fsp3) is 0.529. The molecule has 1 aromatic rings. The van der Waals surface area contributed by atoms with E-state index in [9.17, 15) is 14.7 Å². The van der Waals surface area contributed by atoms with Crippen molar-refractivity contribution in [1.82, 2.24) is 9.80 Å². The minimum absolute atomic E-state index is 0.138. The lowest BCUT2D eigenvalue weighted by atomic mass is 10.1. The molecule has 2 fully saturated rings. The van der Waals surface area contributed by atoms with Crippen molar-refractivity contribution in [2.75, 3.05) is 64.5 Å². The van der Waals surface area contributed by atoms with Gasteiger partial charge >= 0.3 is 0 Å². The summed E-state index contributed by atoms with van der Waals surface area (Å²) >= 11 is 0.